The number of ether oxygens (including phenoxy) is 1. The van der Waals surface area contributed by atoms with Gasteiger partial charge in [0, 0.05) is 16.0 Å². The quantitative estimate of drug-likeness (QED) is 0.399. The number of carbonyl (C=O) groups excluding carboxylic acids is 1. The summed E-state index contributed by atoms with van der Waals surface area (Å²) in [5.74, 6) is 0.0624. The van der Waals surface area contributed by atoms with Crippen LogP contribution in [0.3, 0.4) is 0 Å². The van der Waals surface area contributed by atoms with Crippen molar-refractivity contribution in [1.82, 2.24) is 9.38 Å². The summed E-state index contributed by atoms with van der Waals surface area (Å²) in [7, 11) is 0. The van der Waals surface area contributed by atoms with Gasteiger partial charge in [0.1, 0.15) is 11.4 Å². The first-order valence-corrected chi connectivity index (χ1v) is 6.72. The maximum atomic E-state index is 12.0. The fourth-order valence-electron chi connectivity index (χ4n) is 1.69. The normalized spacial score (nSPS) is 10.6. The summed E-state index contributed by atoms with van der Waals surface area (Å²) in [6, 6.07) is 12.9. The Morgan fingerprint density at radius 3 is 2.68 bits per heavy atom. The van der Waals surface area contributed by atoms with Crippen molar-refractivity contribution in [2.24, 2.45) is 0 Å². The predicted octanol–water partition coefficient (Wildman–Crippen LogP) is 3.16. The first-order chi connectivity index (χ1) is 9.22. The van der Waals surface area contributed by atoms with E-state index in [1.165, 1.54) is 0 Å². The number of pyridine rings is 1. The van der Waals surface area contributed by atoms with E-state index in [1.54, 1.807) is 22.7 Å². The summed E-state index contributed by atoms with van der Waals surface area (Å²) in [6.07, 6.45) is 3.49. The van der Waals surface area contributed by atoms with Crippen LogP contribution >= 0.6 is 22.6 Å². The van der Waals surface area contributed by atoms with Gasteiger partial charge in [-0.15, -0.1) is 0 Å². The Hall–Kier alpha value is -1.89. The maximum Gasteiger partial charge on any atom is 0.363 e. The average Bonchev–Trinajstić information content (AvgIpc) is 2.85. The minimum atomic E-state index is -0.454. The van der Waals surface area contributed by atoms with E-state index in [2.05, 4.69) is 27.6 Å². The predicted molar refractivity (Wildman–Crippen MR) is 79.3 cm³/mol. The number of esters is 1. The molecule has 2 aromatic heterocycles. The molecule has 0 unspecified atom stereocenters. The zero-order valence-electron chi connectivity index (χ0n) is 9.79. The highest BCUT2D eigenvalue weighted by Gasteiger charge is 2.12. The molecule has 3 rings (SSSR count). The van der Waals surface area contributed by atoms with Crippen molar-refractivity contribution in [2.75, 3.05) is 0 Å². The summed E-state index contributed by atoms with van der Waals surface area (Å²) >= 11 is 2.19. The Labute approximate surface area is 123 Å². The fraction of sp³-hybridized carbons (Fsp3) is 0. The molecule has 19 heavy (non-hydrogen) atoms. The SMILES string of the molecule is O=C(Oc1ccc(I)cc1)c1cn2ccccc2n1. The zero-order chi connectivity index (χ0) is 13.2. The molecule has 0 bridgehead atoms. The lowest BCUT2D eigenvalue weighted by Crippen LogP contribution is -2.08. The second kappa shape index (κ2) is 5.00. The number of halogens is 1. The van der Waals surface area contributed by atoms with Gasteiger partial charge in [0.15, 0.2) is 5.69 Å². The molecule has 0 aliphatic heterocycles. The number of aromatic nitrogens is 2. The van der Waals surface area contributed by atoms with Gasteiger partial charge >= 0.3 is 5.97 Å². The van der Waals surface area contributed by atoms with Crippen molar-refractivity contribution >= 4 is 34.2 Å². The van der Waals surface area contributed by atoms with Crippen molar-refractivity contribution in [1.29, 1.82) is 0 Å². The molecule has 0 aliphatic carbocycles. The van der Waals surface area contributed by atoms with E-state index in [0.29, 0.717) is 11.4 Å². The maximum absolute atomic E-state index is 12.0. The molecule has 0 N–H and O–H groups in total. The van der Waals surface area contributed by atoms with Gasteiger partial charge in [-0.25, -0.2) is 9.78 Å². The molecule has 0 radical (unpaired) electrons. The van der Waals surface area contributed by atoms with Crippen LogP contribution in [0.1, 0.15) is 10.5 Å². The zero-order valence-corrected chi connectivity index (χ0v) is 11.9. The smallest absolute Gasteiger partial charge is 0.363 e. The molecule has 0 fully saturated rings. The van der Waals surface area contributed by atoms with Gasteiger partial charge in [-0.1, -0.05) is 6.07 Å². The van der Waals surface area contributed by atoms with Crippen LogP contribution in [0, 0.1) is 3.57 Å². The number of imidazole rings is 1. The van der Waals surface area contributed by atoms with E-state index in [-0.39, 0.29) is 0 Å². The number of benzene rings is 1. The second-order valence-electron chi connectivity index (χ2n) is 3.94. The summed E-state index contributed by atoms with van der Waals surface area (Å²) in [4.78, 5) is 16.2. The summed E-state index contributed by atoms with van der Waals surface area (Å²) in [6.45, 7) is 0. The second-order valence-corrected chi connectivity index (χ2v) is 5.18. The molecular formula is C14H9IN2O2. The van der Waals surface area contributed by atoms with E-state index in [0.717, 1.165) is 9.22 Å². The minimum absolute atomic E-state index is 0.296. The average molecular weight is 364 g/mol. The Bertz CT molecular complexity index is 702. The van der Waals surface area contributed by atoms with Crippen LogP contribution in [0.25, 0.3) is 5.65 Å². The van der Waals surface area contributed by atoms with Crippen molar-refractivity contribution in [3.05, 3.63) is 64.1 Å². The lowest BCUT2D eigenvalue weighted by atomic mass is 10.3. The van der Waals surface area contributed by atoms with E-state index >= 15 is 0 Å². The molecule has 0 spiro atoms. The Kier molecular flexibility index (Phi) is 3.20. The number of hydrogen-bond donors (Lipinski definition) is 0. The lowest BCUT2D eigenvalue weighted by Gasteiger charge is -2.01. The van der Waals surface area contributed by atoms with Crippen LogP contribution in [0.15, 0.2) is 54.9 Å². The van der Waals surface area contributed by atoms with E-state index in [9.17, 15) is 4.79 Å². The highest BCUT2D eigenvalue weighted by molar-refractivity contribution is 14.1. The third-order valence-electron chi connectivity index (χ3n) is 2.60. The molecule has 0 saturated carbocycles. The Balaban J connectivity index is 1.85. The monoisotopic (exact) mass is 364 g/mol. The van der Waals surface area contributed by atoms with Crippen molar-refractivity contribution in [3.8, 4) is 5.75 Å². The third-order valence-corrected chi connectivity index (χ3v) is 3.32. The fourth-order valence-corrected chi connectivity index (χ4v) is 2.05. The van der Waals surface area contributed by atoms with Crippen LogP contribution in [-0.4, -0.2) is 15.4 Å². The number of nitrogens with zero attached hydrogens (tertiary/aromatic N) is 2. The summed E-state index contributed by atoms with van der Waals surface area (Å²) < 4.78 is 8.14. The summed E-state index contributed by atoms with van der Waals surface area (Å²) in [5.41, 5.74) is 1.02. The molecule has 0 atom stereocenters. The molecule has 3 aromatic rings. The molecule has 1 aromatic carbocycles. The number of carbonyl (C=O) groups is 1. The highest BCUT2D eigenvalue weighted by atomic mass is 127. The lowest BCUT2D eigenvalue weighted by molar-refractivity contribution is 0.0729. The molecule has 4 nitrogen and oxygen atoms in total. The molecule has 5 heteroatoms. The van der Waals surface area contributed by atoms with Crippen LogP contribution < -0.4 is 4.74 Å². The first-order valence-electron chi connectivity index (χ1n) is 5.64. The largest absolute Gasteiger partial charge is 0.422 e. The van der Waals surface area contributed by atoms with E-state index < -0.39 is 5.97 Å². The molecule has 94 valence electrons. The number of fused-ring (bicyclic) bond motifs is 1. The van der Waals surface area contributed by atoms with Gasteiger partial charge in [0.05, 0.1) is 0 Å². The van der Waals surface area contributed by atoms with E-state index in [1.807, 2.05) is 36.5 Å². The first kappa shape index (κ1) is 12.2. The molecule has 2 heterocycles. The van der Waals surface area contributed by atoms with Gasteiger partial charge in [-0.05, 0) is 59.0 Å². The van der Waals surface area contributed by atoms with Gasteiger partial charge in [0.2, 0.25) is 0 Å². The third kappa shape index (κ3) is 2.60. The molecule has 0 amide bonds. The Morgan fingerprint density at radius 2 is 1.95 bits per heavy atom. The number of hydrogen-bond acceptors (Lipinski definition) is 3. The topological polar surface area (TPSA) is 43.6 Å². The van der Waals surface area contributed by atoms with Gasteiger partial charge in [0.25, 0.3) is 0 Å². The minimum Gasteiger partial charge on any atom is -0.422 e. The van der Waals surface area contributed by atoms with Crippen molar-refractivity contribution in [2.45, 2.75) is 0 Å². The van der Waals surface area contributed by atoms with Gasteiger partial charge < -0.3 is 9.14 Å². The van der Waals surface area contributed by atoms with Gasteiger partial charge in [-0.2, -0.15) is 0 Å². The highest BCUT2D eigenvalue weighted by Crippen LogP contribution is 2.15. The standard InChI is InChI=1S/C14H9IN2O2/c15-10-4-6-11(7-5-10)19-14(18)12-9-17-8-2-1-3-13(17)16-12/h1-9H. The molecular weight excluding hydrogens is 355 g/mol. The van der Waals surface area contributed by atoms with Crippen LogP contribution in [0.2, 0.25) is 0 Å². The molecule has 0 saturated heterocycles. The van der Waals surface area contributed by atoms with E-state index in [4.69, 9.17) is 4.74 Å². The Morgan fingerprint density at radius 1 is 1.16 bits per heavy atom. The van der Waals surface area contributed by atoms with Crippen molar-refractivity contribution in [3.63, 3.8) is 0 Å². The summed E-state index contributed by atoms with van der Waals surface area (Å²) in [5, 5.41) is 0. The van der Waals surface area contributed by atoms with Crippen LogP contribution in [0.5, 0.6) is 5.75 Å². The van der Waals surface area contributed by atoms with Crippen molar-refractivity contribution < 1.29 is 9.53 Å². The number of rotatable bonds is 2. The van der Waals surface area contributed by atoms with Crippen LogP contribution in [-0.2, 0) is 0 Å². The van der Waals surface area contributed by atoms with Crippen LogP contribution in [0.4, 0.5) is 0 Å². The van der Waals surface area contributed by atoms with Gasteiger partial charge in [-0.3, -0.25) is 0 Å². The molecule has 0 aliphatic rings.